The van der Waals surface area contributed by atoms with E-state index < -0.39 is 5.97 Å². The molecular formula is C34H33N5O5. The number of oxazole rings is 1. The summed E-state index contributed by atoms with van der Waals surface area (Å²) in [6, 6.07) is 17.0. The van der Waals surface area contributed by atoms with Crippen molar-refractivity contribution in [3.63, 3.8) is 0 Å². The van der Waals surface area contributed by atoms with Crippen molar-refractivity contribution in [3.8, 4) is 5.88 Å². The molecule has 1 aliphatic carbocycles. The molecule has 1 N–H and O–H groups in total. The molecule has 8 rings (SSSR count). The van der Waals surface area contributed by atoms with E-state index in [0.29, 0.717) is 31.5 Å². The van der Waals surface area contributed by atoms with E-state index in [9.17, 15) is 9.90 Å². The van der Waals surface area contributed by atoms with Crippen molar-refractivity contribution in [3.05, 3.63) is 89.2 Å². The van der Waals surface area contributed by atoms with Crippen LogP contribution in [0.3, 0.4) is 0 Å². The number of imidazole rings is 1. The zero-order chi connectivity index (χ0) is 29.6. The zero-order valence-electron chi connectivity index (χ0n) is 24.3. The lowest BCUT2D eigenvalue weighted by Gasteiger charge is -2.29. The number of hydrogen-bond acceptors (Lipinski definition) is 8. The van der Waals surface area contributed by atoms with Crippen LogP contribution in [0.15, 0.2) is 65.1 Å². The third kappa shape index (κ3) is 5.35. The van der Waals surface area contributed by atoms with Crippen molar-refractivity contribution < 1.29 is 23.8 Å². The van der Waals surface area contributed by atoms with E-state index >= 15 is 0 Å². The van der Waals surface area contributed by atoms with Gasteiger partial charge in [0.2, 0.25) is 5.88 Å². The van der Waals surface area contributed by atoms with Crippen molar-refractivity contribution in [2.45, 2.75) is 57.4 Å². The van der Waals surface area contributed by atoms with E-state index in [1.165, 1.54) is 5.57 Å². The third-order valence-corrected chi connectivity index (χ3v) is 8.78. The van der Waals surface area contributed by atoms with Gasteiger partial charge in [-0.05, 0) is 61.6 Å². The Morgan fingerprint density at radius 2 is 1.91 bits per heavy atom. The van der Waals surface area contributed by atoms with Gasteiger partial charge in [-0.25, -0.2) is 19.7 Å². The summed E-state index contributed by atoms with van der Waals surface area (Å²) in [5.41, 5.74) is 6.68. The lowest BCUT2D eigenvalue weighted by molar-refractivity contribution is -0.0591. The Morgan fingerprint density at radius 1 is 1.02 bits per heavy atom. The lowest BCUT2D eigenvalue weighted by atomic mass is 10.0. The Labute approximate surface area is 253 Å². The Bertz CT molecular complexity index is 1900. The van der Waals surface area contributed by atoms with Gasteiger partial charge in [-0.3, -0.25) is 4.90 Å². The maximum absolute atomic E-state index is 11.6. The molecule has 0 radical (unpaired) electrons. The van der Waals surface area contributed by atoms with Crippen LogP contribution in [0, 0.1) is 0 Å². The van der Waals surface area contributed by atoms with E-state index in [2.05, 4.69) is 20.5 Å². The van der Waals surface area contributed by atoms with Crippen LogP contribution in [0.5, 0.6) is 5.88 Å². The summed E-state index contributed by atoms with van der Waals surface area (Å²) in [5, 5.41) is 9.53. The molecule has 0 spiro atoms. The number of carboxylic acids is 1. The predicted octanol–water partition coefficient (Wildman–Crippen LogP) is 5.81. The first-order valence-electron chi connectivity index (χ1n) is 15.3. The summed E-state index contributed by atoms with van der Waals surface area (Å²) in [5.74, 6) is 1.87. The smallest absolute Gasteiger partial charge is 0.335 e. The molecule has 1 atom stereocenters. The fourth-order valence-electron chi connectivity index (χ4n) is 6.02. The number of aromatic nitrogens is 4. The molecule has 0 bridgehead atoms. The van der Waals surface area contributed by atoms with Crippen LogP contribution in [-0.4, -0.2) is 61.3 Å². The van der Waals surface area contributed by atoms with Gasteiger partial charge < -0.3 is 23.6 Å². The number of para-hydroxylation sites is 1. The maximum atomic E-state index is 11.6. The second-order valence-corrected chi connectivity index (χ2v) is 11.9. The summed E-state index contributed by atoms with van der Waals surface area (Å²) in [4.78, 5) is 28.4. The van der Waals surface area contributed by atoms with Gasteiger partial charge in [0, 0.05) is 37.2 Å². The van der Waals surface area contributed by atoms with Crippen molar-refractivity contribution in [2.75, 3.05) is 19.7 Å². The molecule has 44 heavy (non-hydrogen) atoms. The first-order chi connectivity index (χ1) is 21.6. The molecule has 10 heteroatoms. The molecule has 2 fully saturated rings. The summed E-state index contributed by atoms with van der Waals surface area (Å²) in [6.07, 6.45) is 6.52. The number of carbonyl (C=O) groups is 1. The quantitative estimate of drug-likeness (QED) is 0.215. The first kappa shape index (κ1) is 27.0. The summed E-state index contributed by atoms with van der Waals surface area (Å²) >= 11 is 0. The monoisotopic (exact) mass is 591 g/mol. The Balaban J connectivity index is 0.956. The number of nitrogens with zero attached hydrogens (tertiary/aromatic N) is 5. The number of pyridine rings is 1. The topological polar surface area (TPSA) is 116 Å². The molecule has 5 aromatic rings. The van der Waals surface area contributed by atoms with E-state index in [1.807, 2.05) is 36.4 Å². The minimum atomic E-state index is -0.937. The highest BCUT2D eigenvalue weighted by atomic mass is 16.5. The van der Waals surface area contributed by atoms with Crippen LogP contribution in [-0.2, 0) is 24.4 Å². The average molecular weight is 592 g/mol. The summed E-state index contributed by atoms with van der Waals surface area (Å²) in [7, 11) is 0. The van der Waals surface area contributed by atoms with Gasteiger partial charge in [-0.2, -0.15) is 0 Å². The van der Waals surface area contributed by atoms with Crippen LogP contribution >= 0.6 is 0 Å². The van der Waals surface area contributed by atoms with Crippen LogP contribution in [0.25, 0.3) is 27.7 Å². The highest BCUT2D eigenvalue weighted by Crippen LogP contribution is 2.41. The van der Waals surface area contributed by atoms with Crippen LogP contribution in [0.2, 0.25) is 0 Å². The van der Waals surface area contributed by atoms with E-state index in [4.69, 9.17) is 23.9 Å². The largest absolute Gasteiger partial charge is 0.478 e. The van der Waals surface area contributed by atoms with Gasteiger partial charge in [0.25, 0.3) is 0 Å². The molecule has 2 aliphatic heterocycles. The maximum Gasteiger partial charge on any atom is 0.335 e. The molecule has 0 amide bonds. The number of ether oxygens (including phenoxy) is 2. The molecule has 10 nitrogen and oxygen atoms in total. The Hall–Kier alpha value is -4.54. The molecule has 3 aromatic heterocycles. The summed E-state index contributed by atoms with van der Waals surface area (Å²) < 4.78 is 20.1. The van der Waals surface area contributed by atoms with Crippen LogP contribution < -0.4 is 4.74 Å². The fourth-order valence-corrected chi connectivity index (χ4v) is 6.02. The number of hydrogen-bond donors (Lipinski definition) is 1. The molecule has 1 saturated heterocycles. The molecule has 224 valence electrons. The Morgan fingerprint density at radius 3 is 2.68 bits per heavy atom. The second kappa shape index (κ2) is 11.2. The van der Waals surface area contributed by atoms with Gasteiger partial charge in [0.1, 0.15) is 17.9 Å². The highest BCUT2D eigenvalue weighted by Gasteiger charge is 2.29. The van der Waals surface area contributed by atoms with Crippen LogP contribution in [0.1, 0.15) is 64.9 Å². The molecule has 5 heterocycles. The van der Waals surface area contributed by atoms with E-state index in [1.54, 1.807) is 18.2 Å². The molecular weight excluding hydrogens is 558 g/mol. The standard InChI is InChI=1S/C34H33N5O5/c40-34(41)23-9-10-27-29(17-23)39(18-25-13-16-42-25)30(35-27)19-38-14-11-21(12-15-38)26-4-2-6-31(36-26)43-20-24-3-1-5-28-32(24)44-33(37-28)22-7-8-22/h1-6,9-11,17,22,25H,7-8,12-16,18-20H2,(H,40,41)/t25-/m0/s1. The average Bonchev–Trinajstić information content (AvgIpc) is 3.69. The fraction of sp³-hybridized carbons (Fsp3) is 0.353. The molecule has 1 saturated carbocycles. The zero-order valence-corrected chi connectivity index (χ0v) is 24.3. The van der Waals surface area contributed by atoms with Gasteiger partial charge in [-0.15, -0.1) is 0 Å². The SMILES string of the molecule is O=C(O)c1ccc2nc(CN3CC=C(c4cccc(OCc5cccc6nc(C7CC7)oc56)n4)CC3)n(C[C@@H]3CCO3)c2c1. The summed E-state index contributed by atoms with van der Waals surface area (Å²) in [6.45, 7) is 4.10. The van der Waals surface area contributed by atoms with Gasteiger partial charge in [0.05, 0.1) is 41.5 Å². The normalized spacial score (nSPS) is 18.8. The third-order valence-electron chi connectivity index (χ3n) is 8.78. The van der Waals surface area contributed by atoms with Crippen molar-refractivity contribution >= 4 is 33.7 Å². The molecule has 0 unspecified atom stereocenters. The highest BCUT2D eigenvalue weighted by molar-refractivity contribution is 5.92. The van der Waals surface area contributed by atoms with Gasteiger partial charge >= 0.3 is 5.97 Å². The predicted molar refractivity (Wildman–Crippen MR) is 163 cm³/mol. The first-order valence-corrected chi connectivity index (χ1v) is 15.3. The number of fused-ring (bicyclic) bond motifs is 2. The number of benzene rings is 2. The minimum absolute atomic E-state index is 0.136. The number of aromatic carboxylic acids is 1. The lowest BCUT2D eigenvalue weighted by Crippen LogP contribution is -2.33. The van der Waals surface area contributed by atoms with E-state index in [0.717, 1.165) is 90.5 Å². The molecule has 2 aromatic carbocycles. The Kier molecular flexibility index (Phi) is 6.87. The minimum Gasteiger partial charge on any atom is -0.478 e. The van der Waals surface area contributed by atoms with Crippen molar-refractivity contribution in [2.24, 2.45) is 0 Å². The van der Waals surface area contributed by atoms with Crippen molar-refractivity contribution in [1.29, 1.82) is 0 Å². The van der Waals surface area contributed by atoms with Crippen molar-refractivity contribution in [1.82, 2.24) is 24.4 Å². The number of rotatable bonds is 10. The second-order valence-electron chi connectivity index (χ2n) is 11.9. The van der Waals surface area contributed by atoms with Gasteiger partial charge in [-0.1, -0.05) is 24.3 Å². The van der Waals surface area contributed by atoms with Gasteiger partial charge in [0.15, 0.2) is 11.5 Å². The van der Waals surface area contributed by atoms with Crippen LogP contribution in [0.4, 0.5) is 0 Å². The van der Waals surface area contributed by atoms with E-state index in [-0.39, 0.29) is 11.7 Å². The molecule has 3 aliphatic rings. The number of carboxylic acid groups (broad SMARTS) is 1.